The molecule has 0 saturated carbocycles. The number of aromatic nitrogens is 4. The number of hydrogen-bond acceptors (Lipinski definition) is 5. The molecule has 7 heteroatoms. The molecule has 3 aromatic heterocycles. The van der Waals surface area contributed by atoms with Crippen LogP contribution in [0.3, 0.4) is 0 Å². The molecule has 3 heterocycles. The maximum atomic E-state index is 11.4. The topological polar surface area (TPSA) is 77.7 Å². The van der Waals surface area contributed by atoms with Crippen LogP contribution in [0.4, 0.5) is 0 Å². The maximum Gasteiger partial charge on any atom is 0.192 e. The zero-order valence-corrected chi connectivity index (χ0v) is 12.0. The van der Waals surface area contributed by atoms with Crippen molar-refractivity contribution < 1.29 is 8.42 Å². The fourth-order valence-electron chi connectivity index (χ4n) is 1.94. The van der Waals surface area contributed by atoms with Crippen LogP contribution in [0, 0.1) is 0 Å². The second kappa shape index (κ2) is 5.10. The van der Waals surface area contributed by atoms with E-state index in [0.29, 0.717) is 0 Å². The van der Waals surface area contributed by atoms with Gasteiger partial charge < -0.3 is 0 Å². The lowest BCUT2D eigenvalue weighted by atomic mass is 10.3. The molecular formula is C14H12N4O2S. The Labute approximate surface area is 122 Å². The predicted octanol–water partition coefficient (Wildman–Crippen LogP) is 1.73. The summed E-state index contributed by atoms with van der Waals surface area (Å²) < 4.78 is 24.7. The molecule has 106 valence electrons. The first-order valence-electron chi connectivity index (χ1n) is 6.16. The van der Waals surface area contributed by atoms with Crippen molar-refractivity contribution in [2.24, 2.45) is 0 Å². The maximum absolute atomic E-state index is 11.4. The highest BCUT2D eigenvalue weighted by atomic mass is 32.2. The van der Waals surface area contributed by atoms with Gasteiger partial charge in [0, 0.05) is 12.5 Å². The van der Waals surface area contributed by atoms with Crippen molar-refractivity contribution in [2.45, 2.75) is 5.03 Å². The van der Waals surface area contributed by atoms with Crippen LogP contribution < -0.4 is 0 Å². The first kappa shape index (κ1) is 13.4. The van der Waals surface area contributed by atoms with E-state index >= 15 is 0 Å². The molecule has 0 atom stereocenters. The minimum atomic E-state index is -3.30. The summed E-state index contributed by atoms with van der Waals surface area (Å²) in [4.78, 5) is 12.4. The van der Waals surface area contributed by atoms with Gasteiger partial charge in [-0.05, 0) is 24.3 Å². The molecule has 21 heavy (non-hydrogen) atoms. The van der Waals surface area contributed by atoms with E-state index in [9.17, 15) is 8.42 Å². The van der Waals surface area contributed by atoms with Gasteiger partial charge in [-0.1, -0.05) is 6.07 Å². The summed E-state index contributed by atoms with van der Waals surface area (Å²) in [5, 5.41) is 0.0470. The molecule has 0 spiro atoms. The third kappa shape index (κ3) is 2.68. The summed E-state index contributed by atoms with van der Waals surface area (Å²) in [7, 11) is -3.30. The van der Waals surface area contributed by atoms with E-state index in [0.717, 1.165) is 23.3 Å². The molecule has 0 aliphatic heterocycles. The average Bonchev–Trinajstić information content (AvgIpc) is 2.97. The van der Waals surface area contributed by atoms with E-state index in [1.54, 1.807) is 29.4 Å². The van der Waals surface area contributed by atoms with Gasteiger partial charge in [0.2, 0.25) is 0 Å². The van der Waals surface area contributed by atoms with Crippen LogP contribution in [0.1, 0.15) is 0 Å². The molecule has 0 radical (unpaired) electrons. The van der Waals surface area contributed by atoms with E-state index in [1.807, 2.05) is 18.2 Å². The average molecular weight is 300 g/mol. The Morgan fingerprint density at radius 3 is 2.52 bits per heavy atom. The molecule has 0 amide bonds. The van der Waals surface area contributed by atoms with Gasteiger partial charge in [0.15, 0.2) is 14.9 Å². The first-order valence-corrected chi connectivity index (χ1v) is 8.05. The summed E-state index contributed by atoms with van der Waals surface area (Å²) in [6.07, 6.45) is 7.68. The van der Waals surface area contributed by atoms with Crippen molar-refractivity contribution in [3.8, 4) is 17.1 Å². The van der Waals surface area contributed by atoms with Crippen LogP contribution in [0.5, 0.6) is 0 Å². The van der Waals surface area contributed by atoms with Crippen LogP contribution in [-0.2, 0) is 9.84 Å². The standard InChI is InChI=1S/C14H12N4O2S/c1-21(19,20)14-6-5-11(8-17-14)18-10-15-9-13(18)12-4-2-3-7-16-12/h2-10H,1H3. The highest BCUT2D eigenvalue weighted by Crippen LogP contribution is 2.20. The smallest absolute Gasteiger partial charge is 0.192 e. The highest BCUT2D eigenvalue weighted by Gasteiger charge is 2.11. The van der Waals surface area contributed by atoms with Crippen LogP contribution in [0.15, 0.2) is 60.3 Å². The van der Waals surface area contributed by atoms with Gasteiger partial charge in [-0.15, -0.1) is 0 Å². The minimum absolute atomic E-state index is 0.0470. The fraction of sp³-hybridized carbons (Fsp3) is 0.0714. The lowest BCUT2D eigenvalue weighted by Gasteiger charge is -2.07. The van der Waals surface area contributed by atoms with Crippen LogP contribution in [-0.4, -0.2) is 34.2 Å². The Balaban J connectivity index is 2.05. The van der Waals surface area contributed by atoms with Crippen molar-refractivity contribution in [3.05, 3.63) is 55.2 Å². The number of pyridine rings is 2. The van der Waals surface area contributed by atoms with Gasteiger partial charge in [0.25, 0.3) is 0 Å². The Kier molecular flexibility index (Phi) is 3.26. The molecular weight excluding hydrogens is 288 g/mol. The number of imidazole rings is 1. The summed E-state index contributed by atoms with van der Waals surface area (Å²) in [6, 6.07) is 8.79. The van der Waals surface area contributed by atoms with Crippen molar-refractivity contribution in [1.82, 2.24) is 19.5 Å². The van der Waals surface area contributed by atoms with Crippen LogP contribution in [0.25, 0.3) is 17.1 Å². The van der Waals surface area contributed by atoms with Gasteiger partial charge >= 0.3 is 0 Å². The molecule has 0 saturated heterocycles. The molecule has 0 aromatic carbocycles. The Morgan fingerprint density at radius 1 is 1.05 bits per heavy atom. The van der Waals surface area contributed by atoms with E-state index < -0.39 is 9.84 Å². The number of hydrogen-bond donors (Lipinski definition) is 0. The van der Waals surface area contributed by atoms with E-state index in [4.69, 9.17) is 0 Å². The summed E-state index contributed by atoms with van der Waals surface area (Å²) in [6.45, 7) is 0. The van der Waals surface area contributed by atoms with Crippen molar-refractivity contribution in [2.75, 3.05) is 6.26 Å². The molecule has 3 rings (SSSR count). The highest BCUT2D eigenvalue weighted by molar-refractivity contribution is 7.90. The molecule has 0 aliphatic carbocycles. The van der Waals surface area contributed by atoms with Gasteiger partial charge in [-0.2, -0.15) is 0 Å². The normalized spacial score (nSPS) is 11.5. The number of rotatable bonds is 3. The minimum Gasteiger partial charge on any atom is -0.296 e. The fourth-order valence-corrected chi connectivity index (χ4v) is 2.50. The Morgan fingerprint density at radius 2 is 1.90 bits per heavy atom. The third-order valence-electron chi connectivity index (χ3n) is 2.94. The van der Waals surface area contributed by atoms with Crippen molar-refractivity contribution in [1.29, 1.82) is 0 Å². The zero-order chi connectivity index (χ0) is 14.9. The SMILES string of the molecule is CS(=O)(=O)c1ccc(-n2cncc2-c2ccccn2)cn1. The lowest BCUT2D eigenvalue weighted by Crippen LogP contribution is -2.02. The van der Waals surface area contributed by atoms with E-state index in [-0.39, 0.29) is 5.03 Å². The summed E-state index contributed by atoms with van der Waals surface area (Å²) in [5.41, 5.74) is 2.31. The molecule has 0 N–H and O–H groups in total. The summed E-state index contributed by atoms with van der Waals surface area (Å²) >= 11 is 0. The molecule has 0 fully saturated rings. The molecule has 0 bridgehead atoms. The van der Waals surface area contributed by atoms with Gasteiger partial charge in [-0.25, -0.2) is 18.4 Å². The lowest BCUT2D eigenvalue weighted by molar-refractivity contribution is 0.598. The van der Waals surface area contributed by atoms with E-state index in [2.05, 4.69) is 15.0 Å². The third-order valence-corrected chi connectivity index (χ3v) is 3.95. The van der Waals surface area contributed by atoms with Crippen molar-refractivity contribution >= 4 is 9.84 Å². The van der Waals surface area contributed by atoms with E-state index in [1.165, 1.54) is 12.3 Å². The van der Waals surface area contributed by atoms with Crippen molar-refractivity contribution in [3.63, 3.8) is 0 Å². The van der Waals surface area contributed by atoms with Crippen LogP contribution in [0.2, 0.25) is 0 Å². The molecule has 0 unspecified atom stereocenters. The van der Waals surface area contributed by atoms with Crippen LogP contribution >= 0.6 is 0 Å². The molecule has 0 aliphatic rings. The Bertz CT molecular complexity index is 856. The second-order valence-electron chi connectivity index (χ2n) is 4.49. The quantitative estimate of drug-likeness (QED) is 0.736. The monoisotopic (exact) mass is 300 g/mol. The second-order valence-corrected chi connectivity index (χ2v) is 6.45. The predicted molar refractivity (Wildman–Crippen MR) is 77.7 cm³/mol. The number of sulfone groups is 1. The zero-order valence-electron chi connectivity index (χ0n) is 11.2. The molecule has 3 aromatic rings. The molecule has 6 nitrogen and oxygen atoms in total. The van der Waals surface area contributed by atoms with Gasteiger partial charge in [0.1, 0.15) is 0 Å². The van der Waals surface area contributed by atoms with Gasteiger partial charge in [0.05, 0.1) is 35.8 Å². The largest absolute Gasteiger partial charge is 0.296 e. The summed E-state index contributed by atoms with van der Waals surface area (Å²) in [5.74, 6) is 0. The Hall–Kier alpha value is -2.54. The first-order chi connectivity index (χ1) is 10.1. The van der Waals surface area contributed by atoms with Gasteiger partial charge in [-0.3, -0.25) is 9.55 Å². The number of nitrogens with zero attached hydrogens (tertiary/aromatic N) is 4.